The van der Waals surface area contributed by atoms with Crippen LogP contribution < -0.4 is 10.2 Å². The van der Waals surface area contributed by atoms with Crippen LogP contribution in [0.1, 0.15) is 60.5 Å². The van der Waals surface area contributed by atoms with Gasteiger partial charge in [0, 0.05) is 24.4 Å². The summed E-state index contributed by atoms with van der Waals surface area (Å²) in [7, 11) is 2.00. The van der Waals surface area contributed by atoms with Crippen LogP contribution in [0.2, 0.25) is 0 Å². The Hall–Kier alpha value is -2.01. The number of benzene rings is 1. The molecule has 0 spiro atoms. The maximum Gasteiger partial charge on any atom is 0.227 e. The standard InChI is InChI=1S/C20H26N2O2.C2H4O/c1-21-12-13-2-4-14(5-3-13)20(24)17-10-15-6-7-18(23)22-9-8-16(11-17)19(15)22;1-2-3/h10-11,13-14,21H,2-9,12H2,1H3;2H,1H3. The van der Waals surface area contributed by atoms with Crippen molar-refractivity contribution in [2.75, 3.05) is 25.0 Å². The van der Waals surface area contributed by atoms with Gasteiger partial charge in [0.25, 0.3) is 0 Å². The van der Waals surface area contributed by atoms with E-state index in [-0.39, 0.29) is 11.8 Å². The fraction of sp³-hybridized carbons (Fsp3) is 0.591. The van der Waals surface area contributed by atoms with E-state index in [1.54, 1.807) is 0 Å². The molecule has 1 N–H and O–H groups in total. The molecule has 3 aliphatic rings. The molecule has 27 heavy (non-hydrogen) atoms. The first-order valence-electron chi connectivity index (χ1n) is 10.1. The molecular weight excluding hydrogens is 340 g/mol. The first-order chi connectivity index (χ1) is 13.1. The maximum absolute atomic E-state index is 13.0. The van der Waals surface area contributed by atoms with E-state index < -0.39 is 0 Å². The van der Waals surface area contributed by atoms with Crippen LogP contribution in [0, 0.1) is 11.8 Å². The van der Waals surface area contributed by atoms with Crippen molar-refractivity contribution >= 4 is 23.7 Å². The molecule has 2 aliphatic heterocycles. The lowest BCUT2D eigenvalue weighted by Gasteiger charge is -2.28. The number of hydrogen-bond acceptors (Lipinski definition) is 4. The van der Waals surface area contributed by atoms with E-state index in [0.717, 1.165) is 75.1 Å². The van der Waals surface area contributed by atoms with E-state index in [4.69, 9.17) is 4.79 Å². The van der Waals surface area contributed by atoms with Gasteiger partial charge in [-0.05, 0) is 88.2 Å². The number of rotatable bonds is 4. The van der Waals surface area contributed by atoms with Crippen molar-refractivity contribution in [3.8, 4) is 0 Å². The molecule has 1 amide bonds. The van der Waals surface area contributed by atoms with Crippen LogP contribution in [0.4, 0.5) is 5.69 Å². The molecule has 4 rings (SSSR count). The van der Waals surface area contributed by atoms with Crippen LogP contribution in [-0.4, -0.2) is 38.1 Å². The highest BCUT2D eigenvalue weighted by Gasteiger charge is 2.33. The normalized spacial score (nSPS) is 23.3. The Balaban J connectivity index is 0.000000659. The van der Waals surface area contributed by atoms with E-state index in [1.165, 1.54) is 18.1 Å². The highest BCUT2D eigenvalue weighted by Crippen LogP contribution is 2.39. The van der Waals surface area contributed by atoms with E-state index in [1.807, 2.05) is 11.9 Å². The van der Waals surface area contributed by atoms with Crippen molar-refractivity contribution in [1.82, 2.24) is 5.32 Å². The molecule has 1 fully saturated rings. The van der Waals surface area contributed by atoms with Crippen LogP contribution >= 0.6 is 0 Å². The summed E-state index contributed by atoms with van der Waals surface area (Å²) in [5, 5.41) is 3.25. The zero-order chi connectivity index (χ0) is 19.4. The number of hydrogen-bond donors (Lipinski definition) is 1. The molecule has 2 heterocycles. The monoisotopic (exact) mass is 370 g/mol. The van der Waals surface area contributed by atoms with Gasteiger partial charge >= 0.3 is 0 Å². The van der Waals surface area contributed by atoms with Crippen LogP contribution in [0.3, 0.4) is 0 Å². The van der Waals surface area contributed by atoms with Gasteiger partial charge < -0.3 is 15.0 Å². The molecule has 1 aliphatic carbocycles. The van der Waals surface area contributed by atoms with Gasteiger partial charge in [-0.1, -0.05) is 0 Å². The van der Waals surface area contributed by atoms with Gasteiger partial charge in [0.05, 0.1) is 5.69 Å². The Kier molecular flexibility index (Phi) is 6.42. The summed E-state index contributed by atoms with van der Waals surface area (Å²) >= 11 is 0. The number of Topliss-reactive ketones (excluding diaryl/α,β-unsaturated/α-hetero) is 1. The van der Waals surface area contributed by atoms with Gasteiger partial charge in [-0.25, -0.2) is 0 Å². The molecule has 5 nitrogen and oxygen atoms in total. The molecule has 5 heteroatoms. The highest BCUT2D eigenvalue weighted by atomic mass is 16.2. The number of nitrogens with one attached hydrogen (secondary N) is 1. The van der Waals surface area contributed by atoms with E-state index in [0.29, 0.717) is 12.2 Å². The van der Waals surface area contributed by atoms with E-state index >= 15 is 0 Å². The number of carbonyl (C=O) groups excluding carboxylic acids is 3. The zero-order valence-electron chi connectivity index (χ0n) is 16.4. The Morgan fingerprint density at radius 2 is 1.78 bits per heavy atom. The van der Waals surface area contributed by atoms with Gasteiger partial charge in [0.2, 0.25) is 5.91 Å². The second-order valence-electron chi connectivity index (χ2n) is 7.81. The van der Waals surface area contributed by atoms with Gasteiger partial charge in [-0.2, -0.15) is 0 Å². The minimum Gasteiger partial charge on any atom is -0.319 e. The summed E-state index contributed by atoms with van der Waals surface area (Å²) in [6.07, 6.45) is 7.34. The molecule has 0 atom stereocenters. The van der Waals surface area contributed by atoms with E-state index in [2.05, 4.69) is 17.4 Å². The van der Waals surface area contributed by atoms with Crippen LogP contribution in [0.25, 0.3) is 0 Å². The Bertz CT molecular complexity index is 721. The van der Waals surface area contributed by atoms with Crippen molar-refractivity contribution in [2.24, 2.45) is 11.8 Å². The predicted molar refractivity (Wildman–Crippen MR) is 106 cm³/mol. The molecule has 1 saturated carbocycles. The highest BCUT2D eigenvalue weighted by molar-refractivity contribution is 6.02. The maximum atomic E-state index is 13.0. The third kappa shape index (κ3) is 4.13. The minimum absolute atomic E-state index is 0.186. The van der Waals surface area contributed by atoms with Gasteiger partial charge in [0.15, 0.2) is 5.78 Å². The third-order valence-corrected chi connectivity index (χ3v) is 6.05. The predicted octanol–water partition coefficient (Wildman–Crippen LogP) is 2.94. The first kappa shape index (κ1) is 19.7. The number of aryl methyl sites for hydroxylation is 1. The lowest BCUT2D eigenvalue weighted by Crippen LogP contribution is -2.33. The zero-order valence-corrected chi connectivity index (χ0v) is 16.4. The lowest BCUT2D eigenvalue weighted by atomic mass is 9.78. The molecule has 0 unspecified atom stereocenters. The van der Waals surface area contributed by atoms with Crippen LogP contribution in [-0.2, 0) is 22.4 Å². The molecule has 1 aromatic rings. The van der Waals surface area contributed by atoms with E-state index in [9.17, 15) is 9.59 Å². The van der Waals surface area contributed by atoms with Crippen LogP contribution in [0.5, 0.6) is 0 Å². The summed E-state index contributed by atoms with van der Waals surface area (Å²) in [6, 6.07) is 4.14. The number of anilines is 1. The van der Waals surface area contributed by atoms with Crippen molar-refractivity contribution in [3.63, 3.8) is 0 Å². The minimum atomic E-state index is 0.186. The molecular formula is C22H30N2O3. The topological polar surface area (TPSA) is 66.5 Å². The SMILES string of the molecule is CC=O.CNCC1CCC(C(=O)c2cc3c4c(c2)CCN4C(=O)CC3)CC1. The number of nitrogens with zero attached hydrogens (tertiary/aromatic N) is 1. The van der Waals surface area contributed by atoms with Crippen molar-refractivity contribution in [3.05, 3.63) is 28.8 Å². The van der Waals surface area contributed by atoms with Crippen molar-refractivity contribution < 1.29 is 14.4 Å². The van der Waals surface area contributed by atoms with Crippen molar-refractivity contribution in [2.45, 2.75) is 51.9 Å². The summed E-state index contributed by atoms with van der Waals surface area (Å²) < 4.78 is 0. The largest absolute Gasteiger partial charge is 0.319 e. The average molecular weight is 370 g/mol. The summed E-state index contributed by atoms with van der Waals surface area (Å²) in [6.45, 7) is 3.29. The van der Waals surface area contributed by atoms with Gasteiger partial charge in [-0.3, -0.25) is 9.59 Å². The number of ketones is 1. The summed E-state index contributed by atoms with van der Waals surface area (Å²) in [4.78, 5) is 35.8. The van der Waals surface area contributed by atoms with Crippen molar-refractivity contribution in [1.29, 1.82) is 0 Å². The second kappa shape index (κ2) is 8.79. The first-order valence-corrected chi connectivity index (χ1v) is 10.1. The summed E-state index contributed by atoms with van der Waals surface area (Å²) in [5.41, 5.74) is 4.40. The Morgan fingerprint density at radius 3 is 2.41 bits per heavy atom. The number of aldehydes is 1. The number of amides is 1. The fourth-order valence-electron chi connectivity index (χ4n) is 4.75. The smallest absolute Gasteiger partial charge is 0.227 e. The number of carbonyl (C=O) groups is 3. The average Bonchev–Trinajstić information content (AvgIpc) is 3.11. The molecule has 0 saturated heterocycles. The van der Waals surface area contributed by atoms with Gasteiger partial charge in [-0.15, -0.1) is 0 Å². The van der Waals surface area contributed by atoms with Gasteiger partial charge in [0.1, 0.15) is 6.29 Å². The molecule has 0 radical (unpaired) electrons. The second-order valence-corrected chi connectivity index (χ2v) is 7.81. The molecule has 0 bridgehead atoms. The van der Waals surface area contributed by atoms with Crippen LogP contribution in [0.15, 0.2) is 12.1 Å². The fourth-order valence-corrected chi connectivity index (χ4v) is 4.75. The lowest BCUT2D eigenvalue weighted by molar-refractivity contribution is -0.118. The third-order valence-electron chi connectivity index (χ3n) is 6.05. The summed E-state index contributed by atoms with van der Waals surface area (Å²) in [5.74, 6) is 1.47. The molecule has 1 aromatic carbocycles. The molecule has 146 valence electrons. The molecule has 0 aromatic heterocycles. The quantitative estimate of drug-likeness (QED) is 0.654. The Morgan fingerprint density at radius 1 is 1.15 bits per heavy atom. The Labute approximate surface area is 161 Å².